The van der Waals surface area contributed by atoms with Crippen LogP contribution < -0.4 is 9.80 Å². The van der Waals surface area contributed by atoms with Gasteiger partial charge in [-0.1, -0.05) is 121 Å². The maximum absolute atomic E-state index is 6.92. The first-order valence-corrected chi connectivity index (χ1v) is 17.5. The zero-order valence-electron chi connectivity index (χ0n) is 28.2. The molecule has 0 unspecified atom stereocenters. The van der Waals surface area contributed by atoms with Gasteiger partial charge in [-0.05, 0) is 78.4 Å². The average Bonchev–Trinajstić information content (AvgIpc) is 3.79. The van der Waals surface area contributed by atoms with Crippen molar-refractivity contribution in [1.82, 2.24) is 0 Å². The third-order valence-corrected chi connectivity index (χ3v) is 9.83. The predicted molar refractivity (Wildman–Crippen MR) is 216 cm³/mol. The molecule has 0 saturated heterocycles. The fourth-order valence-electron chi connectivity index (χ4n) is 7.53. The van der Waals surface area contributed by atoms with Crippen molar-refractivity contribution in [2.75, 3.05) is 9.80 Å². The zero-order chi connectivity index (χ0) is 34.4. The van der Waals surface area contributed by atoms with Gasteiger partial charge in [0.1, 0.15) is 16.7 Å². The standard InChI is InChI=1S/C48H32N2O2/c1-5-16-33(17-6-1)38-24-13-25-39-40-26-14-28-43(48(40)52-47(38)39)50(36-22-11-4-12-23-36)37-30-31-44-41(32-37)46-42(27-15-29-45(46)51-44)49(34-18-7-2-8-19-34)35-20-9-3-10-21-35/h1-32H. The number of benzene rings is 8. The number of hydrogen-bond donors (Lipinski definition) is 0. The number of hydrogen-bond acceptors (Lipinski definition) is 4. The van der Waals surface area contributed by atoms with Crippen LogP contribution in [-0.4, -0.2) is 0 Å². The van der Waals surface area contributed by atoms with E-state index in [2.05, 4.69) is 198 Å². The molecule has 4 heteroatoms. The van der Waals surface area contributed by atoms with Crippen molar-refractivity contribution in [1.29, 1.82) is 0 Å². The molecule has 10 rings (SSSR count). The predicted octanol–water partition coefficient (Wildman–Crippen LogP) is 14.1. The van der Waals surface area contributed by atoms with Crippen molar-refractivity contribution in [3.8, 4) is 11.1 Å². The quantitative estimate of drug-likeness (QED) is 0.169. The van der Waals surface area contributed by atoms with E-state index < -0.39 is 0 Å². The molecule has 0 saturated carbocycles. The third-order valence-electron chi connectivity index (χ3n) is 9.83. The Balaban J connectivity index is 1.21. The van der Waals surface area contributed by atoms with Gasteiger partial charge in [0.2, 0.25) is 0 Å². The molecular weight excluding hydrogens is 637 g/mol. The summed E-state index contributed by atoms with van der Waals surface area (Å²) in [7, 11) is 0. The molecule has 52 heavy (non-hydrogen) atoms. The Morgan fingerprint density at radius 1 is 0.327 bits per heavy atom. The van der Waals surface area contributed by atoms with Gasteiger partial charge in [0, 0.05) is 44.5 Å². The van der Waals surface area contributed by atoms with Gasteiger partial charge in [0.05, 0.1) is 16.8 Å². The summed E-state index contributed by atoms with van der Waals surface area (Å²) < 4.78 is 13.5. The molecule has 0 spiro atoms. The molecule has 0 N–H and O–H groups in total. The van der Waals surface area contributed by atoms with Gasteiger partial charge in [-0.3, -0.25) is 0 Å². The van der Waals surface area contributed by atoms with Crippen LogP contribution in [0.2, 0.25) is 0 Å². The summed E-state index contributed by atoms with van der Waals surface area (Å²) in [6.45, 7) is 0. The van der Waals surface area contributed by atoms with Crippen molar-refractivity contribution in [3.05, 3.63) is 194 Å². The third kappa shape index (κ3) is 4.92. The van der Waals surface area contributed by atoms with Crippen LogP contribution in [0.15, 0.2) is 203 Å². The maximum atomic E-state index is 6.92. The molecule has 4 nitrogen and oxygen atoms in total. The highest BCUT2D eigenvalue weighted by Crippen LogP contribution is 2.47. The Hall–Kier alpha value is -7.04. The lowest BCUT2D eigenvalue weighted by molar-refractivity contribution is 0.669. The Labute approximate surface area is 301 Å². The summed E-state index contributed by atoms with van der Waals surface area (Å²) in [6.07, 6.45) is 0. The summed E-state index contributed by atoms with van der Waals surface area (Å²) in [5.74, 6) is 0. The molecule has 0 bridgehead atoms. The van der Waals surface area contributed by atoms with E-state index in [0.717, 1.165) is 89.1 Å². The molecule has 0 radical (unpaired) electrons. The normalized spacial score (nSPS) is 11.5. The largest absolute Gasteiger partial charge is 0.456 e. The van der Waals surface area contributed by atoms with Crippen molar-refractivity contribution in [2.45, 2.75) is 0 Å². The summed E-state index contributed by atoms with van der Waals surface area (Å²) in [4.78, 5) is 4.60. The Morgan fingerprint density at radius 3 is 1.52 bits per heavy atom. The summed E-state index contributed by atoms with van der Waals surface area (Å²) in [6, 6.07) is 67.6. The van der Waals surface area contributed by atoms with E-state index >= 15 is 0 Å². The molecule has 0 fully saturated rings. The lowest BCUT2D eigenvalue weighted by Gasteiger charge is -2.26. The van der Waals surface area contributed by atoms with E-state index in [1.54, 1.807) is 0 Å². The Morgan fingerprint density at radius 2 is 0.865 bits per heavy atom. The average molecular weight is 669 g/mol. The molecular formula is C48H32N2O2. The van der Waals surface area contributed by atoms with Crippen LogP contribution in [0.5, 0.6) is 0 Å². The molecule has 0 aliphatic heterocycles. The molecule has 0 atom stereocenters. The molecule has 246 valence electrons. The van der Waals surface area contributed by atoms with Crippen LogP contribution in [0.3, 0.4) is 0 Å². The second kappa shape index (κ2) is 12.4. The first-order valence-electron chi connectivity index (χ1n) is 17.5. The van der Waals surface area contributed by atoms with Crippen LogP contribution in [0.1, 0.15) is 0 Å². The van der Waals surface area contributed by atoms with Crippen LogP contribution in [-0.2, 0) is 0 Å². The van der Waals surface area contributed by atoms with E-state index in [4.69, 9.17) is 8.83 Å². The highest BCUT2D eigenvalue weighted by molar-refractivity contribution is 6.16. The summed E-state index contributed by atoms with van der Waals surface area (Å²) in [5.41, 5.74) is 11.8. The lowest BCUT2D eigenvalue weighted by Crippen LogP contribution is -2.10. The second-order valence-electron chi connectivity index (χ2n) is 12.9. The topological polar surface area (TPSA) is 32.8 Å². The van der Waals surface area contributed by atoms with E-state index in [1.807, 2.05) is 6.07 Å². The van der Waals surface area contributed by atoms with Gasteiger partial charge in [0.15, 0.2) is 5.58 Å². The van der Waals surface area contributed by atoms with Crippen LogP contribution in [0.4, 0.5) is 34.1 Å². The van der Waals surface area contributed by atoms with Crippen molar-refractivity contribution in [3.63, 3.8) is 0 Å². The minimum atomic E-state index is 0.828. The molecule has 0 amide bonds. The highest BCUT2D eigenvalue weighted by Gasteiger charge is 2.23. The fourth-order valence-corrected chi connectivity index (χ4v) is 7.53. The fraction of sp³-hybridized carbons (Fsp3) is 0. The van der Waals surface area contributed by atoms with E-state index in [9.17, 15) is 0 Å². The maximum Gasteiger partial charge on any atom is 0.159 e. The summed E-state index contributed by atoms with van der Waals surface area (Å²) in [5, 5.41) is 4.25. The first-order chi connectivity index (χ1) is 25.8. The van der Waals surface area contributed by atoms with Crippen molar-refractivity contribution in [2.24, 2.45) is 0 Å². The number of fused-ring (bicyclic) bond motifs is 6. The SMILES string of the molecule is c1ccc(-c2cccc3c2oc2c(N(c4ccccc4)c4ccc5oc6cccc(N(c7ccccc7)c7ccccc7)c6c5c4)cccc23)cc1. The summed E-state index contributed by atoms with van der Waals surface area (Å²) >= 11 is 0. The smallest absolute Gasteiger partial charge is 0.159 e. The minimum absolute atomic E-state index is 0.828. The molecule has 0 aliphatic rings. The van der Waals surface area contributed by atoms with Gasteiger partial charge >= 0.3 is 0 Å². The van der Waals surface area contributed by atoms with E-state index in [0.29, 0.717) is 0 Å². The number of para-hydroxylation sites is 5. The van der Waals surface area contributed by atoms with E-state index in [1.165, 1.54) is 0 Å². The van der Waals surface area contributed by atoms with E-state index in [-0.39, 0.29) is 0 Å². The monoisotopic (exact) mass is 668 g/mol. The minimum Gasteiger partial charge on any atom is -0.456 e. The Kier molecular flexibility index (Phi) is 7.10. The lowest BCUT2D eigenvalue weighted by atomic mass is 10.0. The zero-order valence-corrected chi connectivity index (χ0v) is 28.2. The molecule has 10 aromatic rings. The van der Waals surface area contributed by atoms with Crippen LogP contribution in [0, 0.1) is 0 Å². The highest BCUT2D eigenvalue weighted by atomic mass is 16.3. The molecule has 0 aliphatic carbocycles. The van der Waals surface area contributed by atoms with Gasteiger partial charge in [-0.2, -0.15) is 0 Å². The Bertz CT molecular complexity index is 2800. The number of nitrogens with zero attached hydrogens (tertiary/aromatic N) is 2. The van der Waals surface area contributed by atoms with Gasteiger partial charge in [0.25, 0.3) is 0 Å². The van der Waals surface area contributed by atoms with Crippen LogP contribution >= 0.6 is 0 Å². The second-order valence-corrected chi connectivity index (χ2v) is 12.9. The number of rotatable bonds is 7. The van der Waals surface area contributed by atoms with Gasteiger partial charge < -0.3 is 18.6 Å². The van der Waals surface area contributed by atoms with Gasteiger partial charge in [-0.25, -0.2) is 0 Å². The van der Waals surface area contributed by atoms with Crippen molar-refractivity contribution < 1.29 is 8.83 Å². The molecule has 8 aromatic carbocycles. The van der Waals surface area contributed by atoms with Crippen molar-refractivity contribution >= 4 is 78.0 Å². The first kappa shape index (κ1) is 29.8. The molecule has 2 heterocycles. The number of anilines is 6. The number of furan rings is 2. The van der Waals surface area contributed by atoms with Gasteiger partial charge in [-0.15, -0.1) is 0 Å². The molecule has 2 aromatic heterocycles. The van der Waals surface area contributed by atoms with Crippen LogP contribution in [0.25, 0.3) is 55.0 Å².